The third-order valence-electron chi connectivity index (χ3n) is 4.16. The summed E-state index contributed by atoms with van der Waals surface area (Å²) in [6.07, 6.45) is 1.53. The Bertz CT molecular complexity index is 1000. The normalized spacial score (nSPS) is 10.6. The van der Waals surface area contributed by atoms with Crippen molar-refractivity contribution in [3.05, 3.63) is 76.2 Å². The van der Waals surface area contributed by atoms with Crippen LogP contribution in [0.3, 0.4) is 0 Å². The van der Waals surface area contributed by atoms with Gasteiger partial charge in [-0.3, -0.25) is 4.79 Å². The number of hydrogen-bond acceptors (Lipinski definition) is 6. The molecule has 0 fully saturated rings. The van der Waals surface area contributed by atoms with Crippen LogP contribution in [0.25, 0.3) is 0 Å². The molecular weight excluding hydrogens is 364 g/mol. The van der Waals surface area contributed by atoms with Gasteiger partial charge in [0.05, 0.1) is 12.1 Å². The number of carbonyl (C=O) groups is 1. The summed E-state index contributed by atoms with van der Waals surface area (Å²) >= 11 is 0. The van der Waals surface area contributed by atoms with Gasteiger partial charge in [-0.25, -0.2) is 4.79 Å². The van der Waals surface area contributed by atoms with Crippen LogP contribution in [0, 0.1) is 6.92 Å². The highest BCUT2D eigenvalue weighted by atomic mass is 16.7. The van der Waals surface area contributed by atoms with Crippen molar-refractivity contribution in [3.63, 3.8) is 0 Å². The van der Waals surface area contributed by atoms with Crippen molar-refractivity contribution in [2.45, 2.75) is 26.5 Å². The molecule has 2 heterocycles. The lowest BCUT2D eigenvalue weighted by molar-refractivity contribution is -0.145. The number of ether oxygens (including phenoxy) is 1. The second kappa shape index (κ2) is 8.34. The Balaban J connectivity index is 1.65. The number of aryl methyl sites for hydroxylation is 1. The van der Waals surface area contributed by atoms with Crippen LogP contribution in [-0.2, 0) is 17.9 Å². The van der Waals surface area contributed by atoms with Gasteiger partial charge in [-0.1, -0.05) is 30.3 Å². The maximum Gasteiger partial charge on any atom is 0.335 e. The van der Waals surface area contributed by atoms with Crippen LogP contribution in [0.1, 0.15) is 17.7 Å². The molecule has 0 aliphatic carbocycles. The lowest BCUT2D eigenvalue weighted by Crippen LogP contribution is -2.21. The minimum Gasteiger partial charge on any atom is -0.492 e. The van der Waals surface area contributed by atoms with E-state index in [9.17, 15) is 19.8 Å². The predicted molar refractivity (Wildman–Crippen MR) is 100 cm³/mol. The molecule has 8 heteroatoms. The van der Waals surface area contributed by atoms with Crippen LogP contribution < -0.4 is 15.0 Å². The van der Waals surface area contributed by atoms with E-state index in [0.29, 0.717) is 10.4 Å². The first-order chi connectivity index (χ1) is 13.5. The molecule has 0 spiro atoms. The van der Waals surface area contributed by atoms with E-state index in [1.54, 1.807) is 17.7 Å². The Morgan fingerprint density at radius 3 is 2.39 bits per heavy atom. The van der Waals surface area contributed by atoms with Gasteiger partial charge in [-0.2, -0.15) is 0 Å². The summed E-state index contributed by atoms with van der Waals surface area (Å²) < 4.78 is 8.04. The molecule has 3 rings (SSSR count). The van der Waals surface area contributed by atoms with E-state index >= 15 is 0 Å². The molecule has 3 aromatic rings. The zero-order valence-electron chi connectivity index (χ0n) is 15.2. The quantitative estimate of drug-likeness (QED) is 0.646. The van der Waals surface area contributed by atoms with Gasteiger partial charge in [-0.05, 0) is 12.5 Å². The van der Waals surface area contributed by atoms with Gasteiger partial charge in [-0.15, -0.1) is 4.73 Å². The van der Waals surface area contributed by atoms with E-state index in [0.717, 1.165) is 5.56 Å². The summed E-state index contributed by atoms with van der Waals surface area (Å²) in [4.78, 5) is 29.0. The number of rotatable bonds is 7. The maximum absolute atomic E-state index is 12.1. The van der Waals surface area contributed by atoms with Crippen molar-refractivity contribution in [3.8, 4) is 17.5 Å². The van der Waals surface area contributed by atoms with Gasteiger partial charge >= 0.3 is 5.97 Å². The van der Waals surface area contributed by atoms with Crippen LogP contribution >= 0.6 is 0 Å². The largest absolute Gasteiger partial charge is 0.492 e. The first-order valence-electron chi connectivity index (χ1n) is 8.63. The van der Waals surface area contributed by atoms with Gasteiger partial charge < -0.3 is 24.4 Å². The van der Waals surface area contributed by atoms with Crippen molar-refractivity contribution in [1.82, 2.24) is 9.30 Å². The average molecular weight is 384 g/mol. The molecule has 8 nitrogen and oxygen atoms in total. The molecule has 0 saturated heterocycles. The molecule has 146 valence electrons. The third-order valence-corrected chi connectivity index (χ3v) is 4.16. The first-order valence-corrected chi connectivity index (χ1v) is 8.63. The second-order valence-corrected chi connectivity index (χ2v) is 6.12. The Hall–Kier alpha value is -3.68. The van der Waals surface area contributed by atoms with Crippen molar-refractivity contribution in [1.29, 1.82) is 0 Å². The Morgan fingerprint density at radius 1 is 1.04 bits per heavy atom. The van der Waals surface area contributed by atoms with Gasteiger partial charge in [0.15, 0.2) is 5.75 Å². The van der Waals surface area contributed by atoms with Crippen LogP contribution in [-0.4, -0.2) is 25.5 Å². The summed E-state index contributed by atoms with van der Waals surface area (Å²) in [5.41, 5.74) is 1.28. The number of pyridine rings is 1. The summed E-state index contributed by atoms with van der Waals surface area (Å²) in [5, 5.41) is 19.0. The standard InChI is InChI=1S/C20H20N2O6/c1-14-20(27-13-15-5-3-2-4-6-15)16(23)9-11-21(14)12-10-19(26)28-22-17(24)7-8-18(22)25/h2-9,11,24-25H,10,12-13H2,1H3. The van der Waals surface area contributed by atoms with Gasteiger partial charge in [0, 0.05) is 30.9 Å². The Morgan fingerprint density at radius 2 is 1.71 bits per heavy atom. The molecule has 0 unspecified atom stereocenters. The van der Waals surface area contributed by atoms with Gasteiger partial charge in [0.2, 0.25) is 17.2 Å². The van der Waals surface area contributed by atoms with E-state index in [-0.39, 0.29) is 42.5 Å². The zero-order valence-corrected chi connectivity index (χ0v) is 15.2. The molecule has 0 atom stereocenters. The molecule has 0 aliphatic rings. The average Bonchev–Trinajstić information content (AvgIpc) is 3.00. The fourth-order valence-corrected chi connectivity index (χ4v) is 2.66. The monoisotopic (exact) mass is 384 g/mol. The number of hydrogen-bond donors (Lipinski definition) is 2. The highest BCUT2D eigenvalue weighted by Crippen LogP contribution is 2.19. The molecule has 0 amide bonds. The molecule has 28 heavy (non-hydrogen) atoms. The Kier molecular flexibility index (Phi) is 5.69. The fraction of sp³-hybridized carbons (Fsp3) is 0.200. The van der Waals surface area contributed by atoms with Crippen molar-refractivity contribution < 1.29 is 24.6 Å². The molecule has 2 N–H and O–H groups in total. The number of aromatic nitrogens is 2. The van der Waals surface area contributed by atoms with Crippen LogP contribution in [0.2, 0.25) is 0 Å². The summed E-state index contributed by atoms with van der Waals surface area (Å²) in [5.74, 6) is -1.21. The maximum atomic E-state index is 12.1. The number of nitrogens with zero attached hydrogens (tertiary/aromatic N) is 2. The lowest BCUT2D eigenvalue weighted by atomic mass is 10.2. The molecule has 0 aliphatic heterocycles. The number of carbonyl (C=O) groups excluding carboxylic acids is 1. The molecule has 1 aromatic carbocycles. The zero-order chi connectivity index (χ0) is 20.1. The minimum absolute atomic E-state index is 0.0428. The summed E-state index contributed by atoms with van der Waals surface area (Å²) in [7, 11) is 0. The smallest absolute Gasteiger partial charge is 0.335 e. The van der Waals surface area contributed by atoms with E-state index in [1.807, 2.05) is 30.3 Å². The fourth-order valence-electron chi connectivity index (χ4n) is 2.66. The van der Waals surface area contributed by atoms with Gasteiger partial charge in [0.25, 0.3) is 0 Å². The van der Waals surface area contributed by atoms with Crippen molar-refractivity contribution in [2.24, 2.45) is 0 Å². The predicted octanol–water partition coefficient (Wildman–Crippen LogP) is 1.99. The van der Waals surface area contributed by atoms with E-state index in [2.05, 4.69) is 0 Å². The highest BCUT2D eigenvalue weighted by Gasteiger charge is 2.14. The third kappa shape index (κ3) is 4.35. The molecule has 2 aromatic heterocycles. The highest BCUT2D eigenvalue weighted by molar-refractivity contribution is 5.69. The van der Waals surface area contributed by atoms with Crippen LogP contribution in [0.5, 0.6) is 17.5 Å². The minimum atomic E-state index is -0.661. The molecule has 0 bridgehead atoms. The second-order valence-electron chi connectivity index (χ2n) is 6.12. The Labute approximate surface area is 160 Å². The molecule has 0 saturated carbocycles. The van der Waals surface area contributed by atoms with E-state index in [4.69, 9.17) is 9.57 Å². The van der Waals surface area contributed by atoms with E-state index in [1.165, 1.54) is 18.2 Å². The van der Waals surface area contributed by atoms with Crippen LogP contribution in [0.4, 0.5) is 0 Å². The SMILES string of the molecule is Cc1c(OCc2ccccc2)c(=O)ccn1CCC(=O)On1c(O)ccc1O. The van der Waals surface area contributed by atoms with E-state index < -0.39 is 5.97 Å². The molecule has 0 radical (unpaired) electrons. The number of aromatic hydroxyl groups is 2. The van der Waals surface area contributed by atoms with Crippen LogP contribution in [0.15, 0.2) is 59.5 Å². The first kappa shape index (κ1) is 19.1. The van der Waals surface area contributed by atoms with Crippen molar-refractivity contribution >= 4 is 5.97 Å². The van der Waals surface area contributed by atoms with Gasteiger partial charge in [0.1, 0.15) is 6.61 Å². The lowest BCUT2D eigenvalue weighted by Gasteiger charge is -2.15. The topological polar surface area (TPSA) is 103 Å². The number of benzene rings is 1. The summed E-state index contributed by atoms with van der Waals surface area (Å²) in [6, 6.07) is 13.3. The molecular formula is C20H20N2O6. The van der Waals surface area contributed by atoms with Crippen molar-refractivity contribution in [2.75, 3.05) is 0 Å². The summed E-state index contributed by atoms with van der Waals surface area (Å²) in [6.45, 7) is 2.22.